The van der Waals surface area contributed by atoms with Crippen molar-refractivity contribution in [2.45, 2.75) is 66.2 Å². The number of amides is 4. The molecule has 0 saturated heterocycles. The number of hydrogen-bond donors (Lipinski definition) is 0. The smallest absolute Gasteiger partial charge is 0.266 e. The third-order valence-electron chi connectivity index (χ3n) is 12.4. The van der Waals surface area contributed by atoms with E-state index in [1.807, 2.05) is 76.2 Å². The minimum absolute atomic E-state index is 0.0495. The summed E-state index contributed by atoms with van der Waals surface area (Å²) in [7, 11) is 0. The van der Waals surface area contributed by atoms with Gasteiger partial charge in [-0.05, 0) is 119 Å². The second kappa shape index (κ2) is 16.1. The molecule has 4 heterocycles. The van der Waals surface area contributed by atoms with E-state index in [9.17, 15) is 38.4 Å². The minimum Gasteiger partial charge on any atom is -0.269 e. The molecule has 0 saturated carbocycles. The highest BCUT2D eigenvalue weighted by Gasteiger charge is 2.29. The highest BCUT2D eigenvalue weighted by atomic mass is 16.2. The Morgan fingerprint density at radius 1 is 0.328 bits per heavy atom. The van der Waals surface area contributed by atoms with Gasteiger partial charge in [-0.25, -0.2) is 18.9 Å². The van der Waals surface area contributed by atoms with Crippen LogP contribution in [0.5, 0.6) is 0 Å². The van der Waals surface area contributed by atoms with Gasteiger partial charge in [0.15, 0.2) is 0 Å². The lowest BCUT2D eigenvalue weighted by Crippen LogP contribution is -2.30. The number of rotatable bonds is 12. The standard InChI is InChI=1S/C52H42N4O8/c1-5-33-23-29(9-13-41(33)53-45(57)17-18-46(53)58)21-31-11-15-43(35(7-3)25-31)55-49(61)37-27-39-40(28-38(37)50(55)62)52(64)56(51(39)63)44-16-12-32(26-36(44)8-4)22-30-10-14-42(34(6-2)24-30)54-47(59)19-20-48(54)60/h9-20,23-28H,5-8,21-22H2,1-4H3. The van der Waals surface area contributed by atoms with Crippen LogP contribution in [0, 0.1) is 0 Å². The van der Waals surface area contributed by atoms with Crippen LogP contribution in [0.1, 0.15) is 72.2 Å². The first-order valence-electron chi connectivity index (χ1n) is 21.4. The molecule has 0 fully saturated rings. The van der Waals surface area contributed by atoms with Gasteiger partial charge in [-0.2, -0.15) is 0 Å². The number of anilines is 2. The zero-order chi connectivity index (χ0) is 45.1. The molecule has 0 spiro atoms. The first-order chi connectivity index (χ1) is 30.8. The third-order valence-corrected chi connectivity index (χ3v) is 12.4. The summed E-state index contributed by atoms with van der Waals surface area (Å²) in [4.78, 5) is 108. The number of aromatic nitrogens is 2. The van der Waals surface area contributed by atoms with Gasteiger partial charge in [-0.3, -0.25) is 38.4 Å². The lowest BCUT2D eigenvalue weighted by Gasteiger charge is -2.19. The van der Waals surface area contributed by atoms with Gasteiger partial charge in [0.2, 0.25) is 0 Å². The molecular formula is C52H42N4O8. The van der Waals surface area contributed by atoms with Crippen molar-refractivity contribution in [3.8, 4) is 11.4 Å². The summed E-state index contributed by atoms with van der Waals surface area (Å²) in [6.45, 7) is 7.78. The molecule has 0 atom stereocenters. The molecule has 0 radical (unpaired) electrons. The molecule has 64 heavy (non-hydrogen) atoms. The zero-order valence-corrected chi connectivity index (χ0v) is 35.7. The number of benzene rings is 5. The van der Waals surface area contributed by atoms with E-state index in [-0.39, 0.29) is 45.2 Å². The van der Waals surface area contributed by atoms with E-state index in [4.69, 9.17) is 0 Å². The molecule has 0 N–H and O–H groups in total. The van der Waals surface area contributed by atoms with Crippen molar-refractivity contribution in [3.63, 3.8) is 0 Å². The zero-order valence-electron chi connectivity index (χ0n) is 35.7. The Hall–Kier alpha value is -7.86. The number of nitrogens with zero attached hydrogens (tertiary/aromatic N) is 4. The molecule has 12 nitrogen and oxygen atoms in total. The van der Waals surface area contributed by atoms with Crippen molar-refractivity contribution < 1.29 is 19.2 Å². The molecular weight excluding hydrogens is 809 g/mol. The molecule has 0 bridgehead atoms. The number of aryl methyl sites for hydroxylation is 4. The van der Waals surface area contributed by atoms with Gasteiger partial charge in [0, 0.05) is 24.3 Å². The lowest BCUT2D eigenvalue weighted by molar-refractivity contribution is -0.121. The van der Waals surface area contributed by atoms with Crippen LogP contribution >= 0.6 is 0 Å². The van der Waals surface area contributed by atoms with Crippen LogP contribution in [0.4, 0.5) is 11.4 Å². The van der Waals surface area contributed by atoms with E-state index in [1.165, 1.54) is 46.2 Å². The monoisotopic (exact) mass is 850 g/mol. The Morgan fingerprint density at radius 3 is 0.844 bits per heavy atom. The maximum absolute atomic E-state index is 14.1. The summed E-state index contributed by atoms with van der Waals surface area (Å²) in [6.07, 6.45) is 8.34. The van der Waals surface area contributed by atoms with E-state index in [0.717, 1.165) is 53.6 Å². The molecule has 318 valence electrons. The number of hydrogen-bond acceptors (Lipinski definition) is 8. The van der Waals surface area contributed by atoms with E-state index in [0.29, 0.717) is 61.3 Å². The summed E-state index contributed by atoms with van der Waals surface area (Å²) in [5.41, 5.74) is 6.65. The minimum atomic E-state index is -0.583. The maximum atomic E-state index is 14.1. The van der Waals surface area contributed by atoms with E-state index >= 15 is 0 Å². The largest absolute Gasteiger partial charge is 0.269 e. The van der Waals surface area contributed by atoms with Crippen LogP contribution in [-0.2, 0) is 57.7 Å². The molecule has 0 unspecified atom stereocenters. The van der Waals surface area contributed by atoms with Gasteiger partial charge >= 0.3 is 0 Å². The molecule has 5 aromatic carbocycles. The van der Waals surface area contributed by atoms with E-state index in [1.54, 1.807) is 24.3 Å². The predicted molar refractivity (Wildman–Crippen MR) is 247 cm³/mol. The molecule has 2 aliphatic rings. The Labute approximate surface area is 366 Å². The summed E-state index contributed by atoms with van der Waals surface area (Å²) >= 11 is 0. The van der Waals surface area contributed by atoms with Gasteiger partial charge in [-0.15, -0.1) is 0 Å². The summed E-state index contributed by atoms with van der Waals surface area (Å²) < 4.78 is 2.23. The predicted octanol–water partition coefficient (Wildman–Crippen LogP) is 6.18. The topological polar surface area (TPSA) is 153 Å². The second-order valence-corrected chi connectivity index (χ2v) is 16.1. The Morgan fingerprint density at radius 2 is 0.578 bits per heavy atom. The van der Waals surface area contributed by atoms with Crippen LogP contribution in [0.3, 0.4) is 0 Å². The molecule has 4 amide bonds. The van der Waals surface area contributed by atoms with Crippen molar-refractivity contribution in [2.24, 2.45) is 0 Å². The van der Waals surface area contributed by atoms with Crippen LogP contribution in [-0.4, -0.2) is 32.8 Å². The number of carbonyl (C=O) groups excluding carboxylic acids is 4. The highest BCUT2D eigenvalue weighted by molar-refractivity contribution is 6.29. The number of carbonyl (C=O) groups is 4. The summed E-state index contributed by atoms with van der Waals surface area (Å²) in [6, 6.07) is 25.1. The van der Waals surface area contributed by atoms with Crippen LogP contribution in [0.15, 0.2) is 128 Å². The van der Waals surface area contributed by atoms with Gasteiger partial charge in [0.05, 0.1) is 44.3 Å². The average Bonchev–Trinajstić information content (AvgIpc) is 3.97. The van der Waals surface area contributed by atoms with Crippen LogP contribution in [0.25, 0.3) is 32.9 Å². The summed E-state index contributed by atoms with van der Waals surface area (Å²) in [5, 5.41) is 0.198. The van der Waals surface area contributed by atoms with Crippen molar-refractivity contribution in [1.29, 1.82) is 0 Å². The number of fused-ring (bicyclic) bond motifs is 2. The van der Waals surface area contributed by atoms with Crippen molar-refractivity contribution in [2.75, 3.05) is 9.80 Å². The fourth-order valence-corrected chi connectivity index (χ4v) is 9.16. The summed E-state index contributed by atoms with van der Waals surface area (Å²) in [5.74, 6) is -1.49. The maximum Gasteiger partial charge on any atom is 0.266 e. The van der Waals surface area contributed by atoms with Gasteiger partial charge < -0.3 is 0 Å². The third kappa shape index (κ3) is 6.78. The fraction of sp³-hybridized carbons (Fsp3) is 0.192. The van der Waals surface area contributed by atoms with Crippen LogP contribution in [0.2, 0.25) is 0 Å². The first kappa shape index (κ1) is 41.5. The normalized spacial score (nSPS) is 13.9. The SMILES string of the molecule is CCc1cc(Cc2ccc(-n3c(=O)c4cc5c(=O)n(-c6ccc(Cc7ccc(N8C(=O)C=CC8=O)c(CC)c7)cc6CC)c(=O)c5cc4c3=O)c(CC)c2)ccc1N1C(=O)C=CC1=O. The van der Waals surface area contributed by atoms with Gasteiger partial charge in [-0.1, -0.05) is 76.2 Å². The van der Waals surface area contributed by atoms with E-state index in [2.05, 4.69) is 0 Å². The first-order valence-corrected chi connectivity index (χ1v) is 21.4. The van der Waals surface area contributed by atoms with Crippen LogP contribution < -0.4 is 32.0 Å². The fourth-order valence-electron chi connectivity index (χ4n) is 9.16. The molecule has 12 heteroatoms. The highest BCUT2D eigenvalue weighted by Crippen LogP contribution is 2.30. The second-order valence-electron chi connectivity index (χ2n) is 16.1. The van der Waals surface area contributed by atoms with Gasteiger partial charge in [0.25, 0.3) is 45.9 Å². The Kier molecular flexibility index (Phi) is 10.4. The lowest BCUT2D eigenvalue weighted by atomic mass is 9.97. The van der Waals surface area contributed by atoms with Crippen molar-refractivity contribution in [3.05, 3.63) is 195 Å². The van der Waals surface area contributed by atoms with Crippen molar-refractivity contribution >= 4 is 56.5 Å². The van der Waals surface area contributed by atoms with Gasteiger partial charge in [0.1, 0.15) is 0 Å². The molecule has 0 aliphatic carbocycles. The average molecular weight is 851 g/mol. The Balaban J connectivity index is 1.01. The number of imide groups is 2. The molecule has 9 rings (SSSR count). The molecule has 7 aromatic rings. The molecule has 2 aromatic heterocycles. The van der Waals surface area contributed by atoms with Crippen molar-refractivity contribution in [1.82, 2.24) is 9.13 Å². The molecule has 2 aliphatic heterocycles. The quantitative estimate of drug-likeness (QED) is 0.132. The van der Waals surface area contributed by atoms with E-state index < -0.39 is 22.2 Å². The Bertz CT molecular complexity index is 3130.